The third kappa shape index (κ3) is 1.77. The second-order valence-corrected chi connectivity index (χ2v) is 3.26. The number of rotatable bonds is 2. The maximum absolute atomic E-state index is 12.9. The zero-order valence-corrected chi connectivity index (χ0v) is 8.38. The Bertz CT molecular complexity index is 551. The monoisotopic (exact) mass is 221 g/mol. The van der Waals surface area contributed by atoms with Crippen LogP contribution in [0.25, 0.3) is 11.3 Å². The van der Waals surface area contributed by atoms with Crippen LogP contribution in [-0.2, 0) is 7.05 Å². The molecule has 82 valence electrons. The Labute approximate surface area is 90.2 Å². The van der Waals surface area contributed by atoms with Crippen LogP contribution in [0.5, 0.6) is 0 Å². The summed E-state index contributed by atoms with van der Waals surface area (Å²) in [6.45, 7) is 0. The average molecular weight is 221 g/mol. The Kier molecular flexibility index (Phi) is 2.40. The number of nitrogens with zero attached hydrogens (tertiary/aromatic N) is 3. The van der Waals surface area contributed by atoms with Crippen LogP contribution in [0.4, 0.5) is 4.39 Å². The van der Waals surface area contributed by atoms with Gasteiger partial charge in [-0.3, -0.25) is 9.67 Å². The van der Waals surface area contributed by atoms with Crippen LogP contribution in [0.1, 0.15) is 10.4 Å². The standard InChI is InChI=1S/C10H8FN3O2/c1-14-5-8(10(15)16)9(13-14)6-2-7(11)4-12-3-6/h2-5H,1H3,(H,15,16). The summed E-state index contributed by atoms with van der Waals surface area (Å²) in [5.74, 6) is -1.63. The molecule has 16 heavy (non-hydrogen) atoms. The lowest BCUT2D eigenvalue weighted by atomic mass is 10.1. The number of aromatic carboxylic acids is 1. The van der Waals surface area contributed by atoms with Crippen molar-refractivity contribution >= 4 is 5.97 Å². The minimum atomic E-state index is -1.10. The fourth-order valence-corrected chi connectivity index (χ4v) is 1.40. The molecule has 0 fully saturated rings. The Morgan fingerprint density at radius 3 is 2.88 bits per heavy atom. The molecule has 5 nitrogen and oxygen atoms in total. The Morgan fingerprint density at radius 2 is 2.25 bits per heavy atom. The molecule has 2 rings (SSSR count). The van der Waals surface area contributed by atoms with Crippen molar-refractivity contribution in [1.82, 2.24) is 14.8 Å². The first kappa shape index (κ1) is 10.3. The van der Waals surface area contributed by atoms with Crippen LogP contribution in [0.15, 0.2) is 24.7 Å². The van der Waals surface area contributed by atoms with E-state index in [1.807, 2.05) is 0 Å². The number of aromatic nitrogens is 3. The van der Waals surface area contributed by atoms with Gasteiger partial charge in [-0.2, -0.15) is 5.10 Å². The first-order valence-corrected chi connectivity index (χ1v) is 4.46. The summed E-state index contributed by atoms with van der Waals surface area (Å²) in [5.41, 5.74) is 0.579. The van der Waals surface area contributed by atoms with Crippen LogP contribution >= 0.6 is 0 Å². The summed E-state index contributed by atoms with van der Waals surface area (Å²) in [7, 11) is 1.60. The molecule has 0 aliphatic rings. The van der Waals surface area contributed by atoms with Gasteiger partial charge in [-0.1, -0.05) is 0 Å². The first-order chi connectivity index (χ1) is 7.58. The molecule has 1 N–H and O–H groups in total. The summed E-state index contributed by atoms with van der Waals surface area (Å²) in [5, 5.41) is 12.9. The van der Waals surface area contributed by atoms with E-state index in [-0.39, 0.29) is 11.3 Å². The Morgan fingerprint density at radius 1 is 1.50 bits per heavy atom. The minimum absolute atomic E-state index is 0.0231. The zero-order chi connectivity index (χ0) is 11.7. The maximum Gasteiger partial charge on any atom is 0.339 e. The average Bonchev–Trinajstić information content (AvgIpc) is 2.60. The number of hydrogen-bond acceptors (Lipinski definition) is 3. The van der Waals surface area contributed by atoms with Gasteiger partial charge in [-0.05, 0) is 6.07 Å². The molecule has 2 heterocycles. The highest BCUT2D eigenvalue weighted by atomic mass is 19.1. The number of carboxylic acids is 1. The minimum Gasteiger partial charge on any atom is -0.478 e. The summed E-state index contributed by atoms with van der Waals surface area (Å²) < 4.78 is 14.3. The molecule has 0 unspecified atom stereocenters. The van der Waals surface area contributed by atoms with Crippen LogP contribution in [0.3, 0.4) is 0 Å². The smallest absolute Gasteiger partial charge is 0.339 e. The molecule has 0 saturated heterocycles. The van der Waals surface area contributed by atoms with Gasteiger partial charge in [0.25, 0.3) is 0 Å². The molecular formula is C10H8FN3O2. The fraction of sp³-hybridized carbons (Fsp3) is 0.100. The molecule has 0 bridgehead atoms. The molecule has 0 aromatic carbocycles. The zero-order valence-electron chi connectivity index (χ0n) is 8.38. The van der Waals surface area contributed by atoms with E-state index in [9.17, 15) is 9.18 Å². The van der Waals surface area contributed by atoms with E-state index in [0.29, 0.717) is 5.56 Å². The molecule has 6 heteroatoms. The number of hydrogen-bond donors (Lipinski definition) is 1. The van der Waals surface area contributed by atoms with Crippen molar-refractivity contribution in [3.05, 3.63) is 36.0 Å². The number of aryl methyl sites for hydroxylation is 1. The normalized spacial score (nSPS) is 10.4. The van der Waals surface area contributed by atoms with Gasteiger partial charge >= 0.3 is 5.97 Å². The van der Waals surface area contributed by atoms with Crippen LogP contribution in [-0.4, -0.2) is 25.8 Å². The van der Waals surface area contributed by atoms with E-state index < -0.39 is 11.8 Å². The van der Waals surface area contributed by atoms with Gasteiger partial charge < -0.3 is 5.11 Å². The molecule has 2 aromatic rings. The number of halogens is 1. The lowest BCUT2D eigenvalue weighted by Crippen LogP contribution is -1.97. The van der Waals surface area contributed by atoms with Crippen molar-refractivity contribution in [1.29, 1.82) is 0 Å². The van der Waals surface area contributed by atoms with E-state index in [2.05, 4.69) is 10.1 Å². The van der Waals surface area contributed by atoms with Gasteiger partial charge in [0.1, 0.15) is 17.1 Å². The molecule has 0 atom stereocenters. The quantitative estimate of drug-likeness (QED) is 0.830. The van der Waals surface area contributed by atoms with Crippen molar-refractivity contribution in [3.63, 3.8) is 0 Å². The van der Waals surface area contributed by atoms with Crippen molar-refractivity contribution < 1.29 is 14.3 Å². The molecule has 0 radical (unpaired) electrons. The largest absolute Gasteiger partial charge is 0.478 e. The summed E-state index contributed by atoms with van der Waals surface area (Å²) in [4.78, 5) is 14.6. The van der Waals surface area contributed by atoms with E-state index in [1.54, 1.807) is 7.05 Å². The molecule has 0 saturated carbocycles. The van der Waals surface area contributed by atoms with Gasteiger partial charge in [0.05, 0.1) is 6.20 Å². The van der Waals surface area contributed by atoms with Crippen LogP contribution < -0.4 is 0 Å². The van der Waals surface area contributed by atoms with E-state index in [4.69, 9.17) is 5.11 Å². The Balaban J connectivity index is 2.59. The number of pyridine rings is 1. The van der Waals surface area contributed by atoms with Crippen molar-refractivity contribution in [2.45, 2.75) is 0 Å². The van der Waals surface area contributed by atoms with Gasteiger partial charge in [0.15, 0.2) is 0 Å². The van der Waals surface area contributed by atoms with Gasteiger partial charge in [0, 0.05) is 25.0 Å². The number of carboxylic acid groups (broad SMARTS) is 1. The third-order valence-electron chi connectivity index (χ3n) is 2.04. The van der Waals surface area contributed by atoms with E-state index >= 15 is 0 Å². The SMILES string of the molecule is Cn1cc(C(=O)O)c(-c2cncc(F)c2)n1. The summed E-state index contributed by atoms with van der Waals surface area (Å²) in [6.07, 6.45) is 3.79. The lowest BCUT2D eigenvalue weighted by molar-refractivity contribution is 0.0697. The first-order valence-electron chi connectivity index (χ1n) is 4.46. The molecule has 0 spiro atoms. The van der Waals surface area contributed by atoms with E-state index in [1.165, 1.54) is 23.1 Å². The highest BCUT2D eigenvalue weighted by molar-refractivity contribution is 5.94. The maximum atomic E-state index is 12.9. The van der Waals surface area contributed by atoms with Crippen LogP contribution in [0, 0.1) is 5.82 Å². The topological polar surface area (TPSA) is 68.0 Å². The number of carbonyl (C=O) groups is 1. The highest BCUT2D eigenvalue weighted by Gasteiger charge is 2.16. The predicted octanol–water partition coefficient (Wildman–Crippen LogP) is 1.32. The fourth-order valence-electron chi connectivity index (χ4n) is 1.40. The van der Waals surface area contributed by atoms with Crippen molar-refractivity contribution in [3.8, 4) is 11.3 Å². The third-order valence-corrected chi connectivity index (χ3v) is 2.04. The lowest BCUT2D eigenvalue weighted by Gasteiger charge is -1.97. The van der Waals surface area contributed by atoms with Gasteiger partial charge in [-0.15, -0.1) is 0 Å². The highest BCUT2D eigenvalue weighted by Crippen LogP contribution is 2.21. The summed E-state index contributed by atoms with van der Waals surface area (Å²) in [6, 6.07) is 1.20. The molecule has 0 aliphatic heterocycles. The molecular weight excluding hydrogens is 213 g/mol. The van der Waals surface area contributed by atoms with Crippen LogP contribution in [0.2, 0.25) is 0 Å². The van der Waals surface area contributed by atoms with Gasteiger partial charge in [0.2, 0.25) is 0 Å². The second-order valence-electron chi connectivity index (χ2n) is 3.26. The van der Waals surface area contributed by atoms with Crippen molar-refractivity contribution in [2.24, 2.45) is 7.05 Å². The van der Waals surface area contributed by atoms with E-state index in [0.717, 1.165) is 6.20 Å². The van der Waals surface area contributed by atoms with Crippen molar-refractivity contribution in [2.75, 3.05) is 0 Å². The summed E-state index contributed by atoms with van der Waals surface area (Å²) >= 11 is 0. The predicted molar refractivity (Wildman–Crippen MR) is 53.4 cm³/mol. The molecule has 2 aromatic heterocycles. The Hall–Kier alpha value is -2.24. The van der Waals surface area contributed by atoms with Gasteiger partial charge in [-0.25, -0.2) is 9.18 Å². The second kappa shape index (κ2) is 3.73. The molecule has 0 amide bonds. The molecule has 0 aliphatic carbocycles.